The minimum Gasteiger partial charge on any atom is -0.495 e. The third-order valence-corrected chi connectivity index (χ3v) is 6.84. The Morgan fingerprint density at radius 3 is 2.32 bits per heavy atom. The number of rotatable bonds is 8. The van der Waals surface area contributed by atoms with Crippen LogP contribution >= 0.6 is 0 Å². The Morgan fingerprint density at radius 2 is 1.74 bits per heavy atom. The Hall–Kier alpha value is -3.11. The number of carbonyl (C=O) groups is 1. The fourth-order valence-corrected chi connectivity index (χ4v) is 4.30. The quantitative estimate of drug-likeness (QED) is 0.571. The molecule has 0 radical (unpaired) electrons. The summed E-state index contributed by atoms with van der Waals surface area (Å²) in [6.45, 7) is 2.62. The van der Waals surface area contributed by atoms with Crippen molar-refractivity contribution >= 4 is 32.7 Å². The van der Waals surface area contributed by atoms with Crippen LogP contribution in [0.1, 0.15) is 13.3 Å². The zero-order valence-corrected chi connectivity index (χ0v) is 18.8. The molecule has 1 heterocycles. The Morgan fingerprint density at radius 1 is 1.10 bits per heavy atom. The largest absolute Gasteiger partial charge is 0.495 e. The van der Waals surface area contributed by atoms with Crippen LogP contribution in [0.15, 0.2) is 52.2 Å². The number of para-hydroxylation sites is 2. The second-order valence-electron chi connectivity index (χ2n) is 7.11. The summed E-state index contributed by atoms with van der Waals surface area (Å²) in [5, 5.41) is 2.70. The topological polar surface area (TPSA) is 103 Å². The number of sulfonamides is 1. The molecule has 3 rings (SSSR count). The van der Waals surface area contributed by atoms with Gasteiger partial charge in [0.1, 0.15) is 5.75 Å². The molecule has 0 saturated heterocycles. The summed E-state index contributed by atoms with van der Waals surface area (Å²) in [6, 6.07) is 11.7. The lowest BCUT2D eigenvalue weighted by Gasteiger charge is -2.15. The molecule has 9 nitrogen and oxygen atoms in total. The number of hydrogen-bond donors (Lipinski definition) is 1. The summed E-state index contributed by atoms with van der Waals surface area (Å²) in [5.41, 5.74) is 1.66. The van der Waals surface area contributed by atoms with E-state index >= 15 is 0 Å². The molecule has 0 aliphatic carbocycles. The molecule has 0 saturated carbocycles. The van der Waals surface area contributed by atoms with Gasteiger partial charge in [-0.2, -0.15) is 0 Å². The number of imidazole rings is 1. The van der Waals surface area contributed by atoms with Crippen LogP contribution in [0.2, 0.25) is 0 Å². The van der Waals surface area contributed by atoms with Crippen molar-refractivity contribution in [2.75, 3.05) is 26.5 Å². The minimum absolute atomic E-state index is 0.0332. The van der Waals surface area contributed by atoms with Gasteiger partial charge in [-0.15, -0.1) is 0 Å². The van der Waals surface area contributed by atoms with E-state index in [1.54, 1.807) is 9.13 Å². The number of nitrogens with zero attached hydrogens (tertiary/aromatic N) is 3. The third kappa shape index (κ3) is 4.35. The van der Waals surface area contributed by atoms with Gasteiger partial charge in [0.05, 0.1) is 28.7 Å². The van der Waals surface area contributed by atoms with E-state index in [4.69, 9.17) is 4.74 Å². The smallest absolute Gasteiger partial charge is 0.329 e. The third-order valence-electron chi connectivity index (χ3n) is 5.03. The monoisotopic (exact) mass is 446 g/mol. The zero-order chi connectivity index (χ0) is 22.8. The lowest BCUT2D eigenvalue weighted by molar-refractivity contribution is -0.116. The summed E-state index contributed by atoms with van der Waals surface area (Å²) in [6.07, 6.45) is 0.0332. The molecule has 3 aromatic rings. The number of fused-ring (bicyclic) bond motifs is 1. The molecule has 2 aromatic carbocycles. The van der Waals surface area contributed by atoms with Crippen LogP contribution in [-0.2, 0) is 27.9 Å². The number of ether oxygens (including phenoxy) is 1. The van der Waals surface area contributed by atoms with Crippen LogP contribution in [-0.4, -0.2) is 49.0 Å². The summed E-state index contributed by atoms with van der Waals surface area (Å²) in [5.74, 6) is -0.0243. The average molecular weight is 447 g/mol. The molecule has 0 atom stereocenters. The van der Waals surface area contributed by atoms with Gasteiger partial charge < -0.3 is 10.1 Å². The summed E-state index contributed by atoms with van der Waals surface area (Å²) >= 11 is 0. The van der Waals surface area contributed by atoms with Gasteiger partial charge in [0.2, 0.25) is 15.9 Å². The molecular formula is C21H26N4O5S. The number of anilines is 1. The number of hydrogen-bond acceptors (Lipinski definition) is 5. The van der Waals surface area contributed by atoms with Crippen LogP contribution in [0, 0.1) is 0 Å². The molecular weight excluding hydrogens is 420 g/mol. The highest BCUT2D eigenvalue weighted by Crippen LogP contribution is 2.28. The van der Waals surface area contributed by atoms with Crippen molar-refractivity contribution in [2.24, 2.45) is 0 Å². The number of methoxy groups -OCH3 is 1. The van der Waals surface area contributed by atoms with Crippen LogP contribution < -0.4 is 15.7 Å². The van der Waals surface area contributed by atoms with Crippen molar-refractivity contribution in [3.05, 3.63) is 52.9 Å². The first-order valence-corrected chi connectivity index (χ1v) is 11.2. The maximum absolute atomic E-state index is 12.7. The highest BCUT2D eigenvalue weighted by molar-refractivity contribution is 7.89. The molecule has 10 heteroatoms. The number of amides is 1. The Balaban J connectivity index is 1.83. The zero-order valence-electron chi connectivity index (χ0n) is 18.0. The molecule has 166 valence electrons. The van der Waals surface area contributed by atoms with E-state index in [0.29, 0.717) is 12.3 Å². The van der Waals surface area contributed by atoms with Gasteiger partial charge in [0.25, 0.3) is 0 Å². The van der Waals surface area contributed by atoms with Crippen molar-refractivity contribution < 1.29 is 17.9 Å². The van der Waals surface area contributed by atoms with Gasteiger partial charge in [0.15, 0.2) is 0 Å². The first-order chi connectivity index (χ1) is 14.7. The van der Waals surface area contributed by atoms with Crippen molar-refractivity contribution in [2.45, 2.75) is 31.3 Å². The molecule has 0 aliphatic rings. The molecule has 0 fully saturated rings. The van der Waals surface area contributed by atoms with Crippen LogP contribution in [0.25, 0.3) is 11.0 Å². The maximum Gasteiger partial charge on any atom is 0.329 e. The molecule has 0 aliphatic heterocycles. The van der Waals surface area contributed by atoms with Crippen LogP contribution in [0.3, 0.4) is 0 Å². The van der Waals surface area contributed by atoms with Gasteiger partial charge in [-0.3, -0.25) is 13.9 Å². The highest BCUT2D eigenvalue weighted by atomic mass is 32.2. The molecule has 1 amide bonds. The van der Waals surface area contributed by atoms with E-state index in [1.807, 2.05) is 31.2 Å². The number of carbonyl (C=O) groups excluding carboxylic acids is 1. The fourth-order valence-electron chi connectivity index (χ4n) is 3.38. The van der Waals surface area contributed by atoms with Gasteiger partial charge in [0, 0.05) is 33.6 Å². The first-order valence-electron chi connectivity index (χ1n) is 9.79. The molecule has 0 unspecified atom stereocenters. The second kappa shape index (κ2) is 8.94. The van der Waals surface area contributed by atoms with Crippen LogP contribution in [0.5, 0.6) is 5.75 Å². The molecule has 31 heavy (non-hydrogen) atoms. The number of nitrogens with one attached hydrogen (secondary N) is 1. The van der Waals surface area contributed by atoms with Crippen molar-refractivity contribution in [3.63, 3.8) is 0 Å². The van der Waals surface area contributed by atoms with E-state index in [1.165, 1.54) is 39.4 Å². The van der Waals surface area contributed by atoms with Crippen molar-refractivity contribution in [1.29, 1.82) is 0 Å². The first kappa shape index (κ1) is 22.6. The fraction of sp³-hybridized carbons (Fsp3) is 0.333. The minimum atomic E-state index is -3.67. The number of aryl methyl sites for hydroxylation is 2. The highest BCUT2D eigenvalue weighted by Gasteiger charge is 2.20. The SMILES string of the molecule is CCn1c(=O)n(CCC(=O)Nc2cc(S(=O)(=O)N(C)C)ccc2OC)c2ccccc21. The Bertz CT molecular complexity index is 1270. The van der Waals surface area contributed by atoms with Gasteiger partial charge >= 0.3 is 5.69 Å². The van der Waals surface area contributed by atoms with E-state index in [-0.39, 0.29) is 35.1 Å². The number of benzene rings is 2. The van der Waals surface area contributed by atoms with E-state index in [0.717, 1.165) is 15.3 Å². The van der Waals surface area contributed by atoms with Crippen molar-refractivity contribution in [3.8, 4) is 5.75 Å². The second-order valence-corrected chi connectivity index (χ2v) is 9.27. The summed E-state index contributed by atoms with van der Waals surface area (Å²) in [4.78, 5) is 25.4. The normalized spacial score (nSPS) is 11.8. The standard InChI is InChI=1S/C21H26N4O5S/c1-5-24-17-8-6-7-9-18(17)25(21(24)27)13-12-20(26)22-16-14-15(10-11-19(16)30-4)31(28,29)23(2)3/h6-11,14H,5,12-13H2,1-4H3,(H,22,26). The predicted molar refractivity (Wildman–Crippen MR) is 119 cm³/mol. The lowest BCUT2D eigenvalue weighted by Crippen LogP contribution is -2.26. The van der Waals surface area contributed by atoms with Gasteiger partial charge in [-0.05, 0) is 37.3 Å². The molecule has 1 aromatic heterocycles. The Kier molecular flexibility index (Phi) is 6.51. The van der Waals surface area contributed by atoms with E-state index in [9.17, 15) is 18.0 Å². The van der Waals surface area contributed by atoms with Crippen LogP contribution in [0.4, 0.5) is 5.69 Å². The molecule has 1 N–H and O–H groups in total. The maximum atomic E-state index is 12.7. The summed E-state index contributed by atoms with van der Waals surface area (Å²) in [7, 11) is 0.633. The number of aromatic nitrogens is 2. The van der Waals surface area contributed by atoms with E-state index < -0.39 is 10.0 Å². The molecule has 0 spiro atoms. The van der Waals surface area contributed by atoms with Crippen molar-refractivity contribution in [1.82, 2.24) is 13.4 Å². The van der Waals surface area contributed by atoms with E-state index in [2.05, 4.69) is 5.32 Å². The Labute approximate surface area is 180 Å². The van der Waals surface area contributed by atoms with Gasteiger partial charge in [-0.25, -0.2) is 17.5 Å². The molecule has 0 bridgehead atoms. The summed E-state index contributed by atoms with van der Waals surface area (Å²) < 4.78 is 34.4. The van der Waals surface area contributed by atoms with Gasteiger partial charge in [-0.1, -0.05) is 12.1 Å². The lowest BCUT2D eigenvalue weighted by atomic mass is 10.2. The average Bonchev–Trinajstić information content (AvgIpc) is 3.02. The predicted octanol–water partition coefficient (Wildman–Crippen LogP) is 2.11.